The molecule has 1 N–H and O–H groups in total. The molecule has 0 aliphatic rings. The monoisotopic (exact) mass is 409 g/mol. The van der Waals surface area contributed by atoms with Crippen LogP contribution >= 0.6 is 0 Å². The molecular weight excluding hydrogens is 390 g/mol. The van der Waals surface area contributed by atoms with E-state index in [1.165, 1.54) is 0 Å². The van der Waals surface area contributed by atoms with Crippen LogP contribution in [-0.2, 0) is 0 Å². The van der Waals surface area contributed by atoms with E-state index >= 15 is 0 Å². The van der Waals surface area contributed by atoms with Gasteiger partial charge in [0, 0.05) is 5.56 Å². The average Bonchev–Trinajstić information content (AvgIpc) is 3.38. The lowest BCUT2D eigenvalue weighted by atomic mass is 10.2. The van der Waals surface area contributed by atoms with Crippen molar-refractivity contribution in [3.8, 4) is 17.1 Å². The molecule has 31 heavy (non-hydrogen) atoms. The normalized spacial score (nSPS) is 11.0. The Morgan fingerprint density at radius 1 is 0.968 bits per heavy atom. The molecule has 3 aromatic heterocycles. The van der Waals surface area contributed by atoms with Crippen molar-refractivity contribution in [1.29, 1.82) is 0 Å². The number of amides is 1. The average molecular weight is 409 g/mol. The van der Waals surface area contributed by atoms with Gasteiger partial charge < -0.3 is 9.73 Å². The van der Waals surface area contributed by atoms with Crippen molar-refractivity contribution in [2.75, 3.05) is 5.32 Å². The van der Waals surface area contributed by atoms with Crippen molar-refractivity contribution in [2.24, 2.45) is 0 Å². The molecule has 0 bridgehead atoms. The third-order valence-electron chi connectivity index (χ3n) is 5.10. The van der Waals surface area contributed by atoms with Gasteiger partial charge in [0.05, 0.1) is 34.5 Å². The molecule has 7 heteroatoms. The number of oxazole rings is 1. The molecule has 0 radical (unpaired) electrons. The lowest BCUT2D eigenvalue weighted by molar-refractivity contribution is 0.102. The largest absolute Gasteiger partial charge is 0.418 e. The van der Waals surface area contributed by atoms with Gasteiger partial charge in [-0.15, -0.1) is 0 Å². The van der Waals surface area contributed by atoms with Gasteiger partial charge in [-0.2, -0.15) is 5.10 Å². The highest BCUT2D eigenvalue weighted by Gasteiger charge is 2.18. The van der Waals surface area contributed by atoms with E-state index in [1.54, 1.807) is 16.9 Å². The van der Waals surface area contributed by atoms with E-state index in [9.17, 15) is 4.79 Å². The molecule has 3 heterocycles. The van der Waals surface area contributed by atoms with E-state index in [0.29, 0.717) is 34.1 Å². The Hall–Kier alpha value is -4.26. The summed E-state index contributed by atoms with van der Waals surface area (Å²) in [7, 11) is 0. The zero-order valence-electron chi connectivity index (χ0n) is 17.0. The molecule has 0 saturated heterocycles. The SMILES string of the molecule is Cc1nc2oc(-c3ccccc3)nc2cc1NC(=O)c1cnn(-c2ccccc2)c1C. The highest BCUT2D eigenvalue weighted by atomic mass is 16.4. The number of nitrogens with one attached hydrogen (secondary N) is 1. The standard InChI is InChI=1S/C24H19N5O2/c1-15-20(13-21-24(26-15)31-23(28-21)17-9-5-3-6-10-17)27-22(30)19-14-25-29(16(19)2)18-11-7-4-8-12-18/h3-14H,1-2H3,(H,27,30). The van der Waals surface area contributed by atoms with Gasteiger partial charge in [-0.05, 0) is 44.2 Å². The van der Waals surface area contributed by atoms with Gasteiger partial charge in [-0.25, -0.2) is 14.6 Å². The molecule has 5 aromatic rings. The first-order valence-electron chi connectivity index (χ1n) is 9.85. The van der Waals surface area contributed by atoms with E-state index < -0.39 is 0 Å². The summed E-state index contributed by atoms with van der Waals surface area (Å²) in [5, 5.41) is 7.31. The Bertz CT molecular complexity index is 1390. The van der Waals surface area contributed by atoms with Crippen molar-refractivity contribution in [1.82, 2.24) is 19.7 Å². The minimum atomic E-state index is -0.254. The van der Waals surface area contributed by atoms with Crippen LogP contribution in [0.5, 0.6) is 0 Å². The number of aromatic nitrogens is 4. The number of aryl methyl sites for hydroxylation is 1. The highest BCUT2D eigenvalue weighted by Crippen LogP contribution is 2.26. The second-order valence-electron chi connectivity index (χ2n) is 7.18. The Balaban J connectivity index is 1.45. The van der Waals surface area contributed by atoms with Crippen LogP contribution in [0, 0.1) is 13.8 Å². The molecule has 0 fully saturated rings. The van der Waals surface area contributed by atoms with Crippen molar-refractivity contribution in [3.63, 3.8) is 0 Å². The summed E-state index contributed by atoms with van der Waals surface area (Å²) in [5.74, 6) is 0.238. The minimum Gasteiger partial charge on any atom is -0.418 e. The number of fused-ring (bicyclic) bond motifs is 1. The highest BCUT2D eigenvalue weighted by molar-refractivity contribution is 6.05. The van der Waals surface area contributed by atoms with E-state index in [4.69, 9.17) is 4.42 Å². The summed E-state index contributed by atoms with van der Waals surface area (Å²) < 4.78 is 7.55. The fourth-order valence-electron chi connectivity index (χ4n) is 3.43. The molecule has 1 amide bonds. The number of hydrogen-bond acceptors (Lipinski definition) is 5. The summed E-state index contributed by atoms with van der Waals surface area (Å²) >= 11 is 0. The summed E-state index contributed by atoms with van der Waals surface area (Å²) in [6.45, 7) is 3.69. The molecule has 152 valence electrons. The predicted octanol–water partition coefficient (Wildman–Crippen LogP) is 4.94. The van der Waals surface area contributed by atoms with Gasteiger partial charge in [0.1, 0.15) is 5.52 Å². The quantitative estimate of drug-likeness (QED) is 0.454. The van der Waals surface area contributed by atoms with Gasteiger partial charge >= 0.3 is 0 Å². The third-order valence-corrected chi connectivity index (χ3v) is 5.10. The number of anilines is 1. The summed E-state index contributed by atoms with van der Waals surface area (Å²) in [6.07, 6.45) is 1.57. The Kier molecular flexibility index (Phi) is 4.55. The van der Waals surface area contributed by atoms with Gasteiger partial charge in [0.25, 0.3) is 5.91 Å². The number of rotatable bonds is 4. The second-order valence-corrected chi connectivity index (χ2v) is 7.18. The Morgan fingerprint density at radius 3 is 2.42 bits per heavy atom. The molecule has 0 spiro atoms. The number of nitrogens with zero attached hydrogens (tertiary/aromatic N) is 4. The lowest BCUT2D eigenvalue weighted by Crippen LogP contribution is -2.14. The van der Waals surface area contributed by atoms with Crippen LogP contribution in [0.15, 0.2) is 77.3 Å². The first-order valence-corrected chi connectivity index (χ1v) is 9.85. The maximum absolute atomic E-state index is 13.0. The smallest absolute Gasteiger partial charge is 0.259 e. The van der Waals surface area contributed by atoms with E-state index in [1.807, 2.05) is 74.5 Å². The van der Waals surface area contributed by atoms with Gasteiger partial charge in [0.2, 0.25) is 11.6 Å². The zero-order chi connectivity index (χ0) is 21.4. The van der Waals surface area contributed by atoms with E-state index in [2.05, 4.69) is 20.4 Å². The summed E-state index contributed by atoms with van der Waals surface area (Å²) in [4.78, 5) is 22.0. The van der Waals surface area contributed by atoms with Crippen LogP contribution in [0.4, 0.5) is 5.69 Å². The number of pyridine rings is 1. The van der Waals surface area contributed by atoms with Crippen LogP contribution < -0.4 is 5.32 Å². The number of para-hydroxylation sites is 1. The number of carbonyl (C=O) groups is 1. The molecule has 0 aliphatic carbocycles. The van der Waals surface area contributed by atoms with Crippen LogP contribution in [0.2, 0.25) is 0 Å². The van der Waals surface area contributed by atoms with E-state index in [-0.39, 0.29) is 5.91 Å². The first-order chi connectivity index (χ1) is 15.1. The minimum absolute atomic E-state index is 0.254. The van der Waals surface area contributed by atoms with Gasteiger partial charge in [-0.3, -0.25) is 4.79 Å². The van der Waals surface area contributed by atoms with Crippen molar-refractivity contribution < 1.29 is 9.21 Å². The van der Waals surface area contributed by atoms with Crippen LogP contribution in [0.1, 0.15) is 21.7 Å². The molecule has 0 saturated carbocycles. The molecule has 7 nitrogen and oxygen atoms in total. The Morgan fingerprint density at radius 2 is 1.68 bits per heavy atom. The lowest BCUT2D eigenvalue weighted by Gasteiger charge is -2.08. The topological polar surface area (TPSA) is 85.8 Å². The number of benzene rings is 2. The number of hydrogen-bond donors (Lipinski definition) is 1. The van der Waals surface area contributed by atoms with Gasteiger partial charge in [-0.1, -0.05) is 36.4 Å². The second kappa shape index (κ2) is 7.53. The molecule has 0 unspecified atom stereocenters. The van der Waals surface area contributed by atoms with Crippen LogP contribution in [0.25, 0.3) is 28.4 Å². The van der Waals surface area contributed by atoms with Crippen molar-refractivity contribution in [3.05, 3.63) is 89.9 Å². The summed E-state index contributed by atoms with van der Waals surface area (Å²) in [6, 6.07) is 21.1. The van der Waals surface area contributed by atoms with Crippen LogP contribution in [-0.4, -0.2) is 25.7 Å². The molecule has 0 aliphatic heterocycles. The Labute approximate surface area is 178 Å². The molecular formula is C24H19N5O2. The third kappa shape index (κ3) is 3.46. The van der Waals surface area contributed by atoms with Crippen molar-refractivity contribution >= 4 is 22.8 Å². The van der Waals surface area contributed by atoms with Crippen molar-refractivity contribution in [2.45, 2.75) is 13.8 Å². The first kappa shape index (κ1) is 18.7. The molecule has 0 atom stereocenters. The summed E-state index contributed by atoms with van der Waals surface area (Å²) in [5.41, 5.74) is 5.25. The van der Waals surface area contributed by atoms with E-state index in [0.717, 1.165) is 16.9 Å². The zero-order valence-corrected chi connectivity index (χ0v) is 17.0. The van der Waals surface area contributed by atoms with Gasteiger partial charge in [0.15, 0.2) is 0 Å². The maximum Gasteiger partial charge on any atom is 0.259 e. The molecule has 2 aromatic carbocycles. The number of carbonyl (C=O) groups excluding carboxylic acids is 1. The fraction of sp³-hybridized carbons (Fsp3) is 0.0833. The predicted molar refractivity (Wildman–Crippen MR) is 118 cm³/mol. The van der Waals surface area contributed by atoms with Crippen LogP contribution in [0.3, 0.4) is 0 Å². The fourth-order valence-corrected chi connectivity index (χ4v) is 3.43. The molecule has 5 rings (SSSR count). The maximum atomic E-state index is 13.0.